The largest absolute Gasteiger partial charge is 0.342 e. The Morgan fingerprint density at radius 3 is 2.52 bits per heavy atom. The van der Waals surface area contributed by atoms with E-state index < -0.39 is 0 Å². The van der Waals surface area contributed by atoms with E-state index in [1.165, 1.54) is 6.92 Å². The molecule has 1 rings (SSSR count). The van der Waals surface area contributed by atoms with Gasteiger partial charge in [0.25, 0.3) is 0 Å². The zero-order valence-electron chi connectivity index (χ0n) is 13.1. The number of nitrogens with one attached hydrogen (secondary N) is 1. The first-order chi connectivity index (χ1) is 9.79. The molecule has 1 aromatic rings. The van der Waals surface area contributed by atoms with Crippen LogP contribution in [0.25, 0.3) is 0 Å². The normalized spacial score (nSPS) is 10.6. The number of carbonyl (C=O) groups is 2. The Kier molecular flexibility index (Phi) is 6.89. The molecule has 1 aromatic carbocycles. The SMILES string of the molecule is CC(=O)N(CCC(=O)Nc1ccc(C)cc1Br)CC(C)C. The van der Waals surface area contributed by atoms with Crippen molar-refractivity contribution in [3.63, 3.8) is 0 Å². The van der Waals surface area contributed by atoms with Crippen molar-refractivity contribution in [1.82, 2.24) is 4.90 Å². The van der Waals surface area contributed by atoms with Crippen LogP contribution in [0.4, 0.5) is 5.69 Å². The highest BCUT2D eigenvalue weighted by Gasteiger charge is 2.13. The van der Waals surface area contributed by atoms with E-state index in [0.717, 1.165) is 15.7 Å². The Hall–Kier alpha value is -1.36. The Balaban J connectivity index is 2.54. The van der Waals surface area contributed by atoms with Gasteiger partial charge in [-0.15, -0.1) is 0 Å². The second-order valence-corrected chi connectivity index (χ2v) is 6.49. The Bertz CT molecular complexity index is 515. The highest BCUT2D eigenvalue weighted by atomic mass is 79.9. The topological polar surface area (TPSA) is 49.4 Å². The van der Waals surface area contributed by atoms with E-state index in [1.807, 2.05) is 25.1 Å². The number of carbonyl (C=O) groups excluding carboxylic acids is 2. The van der Waals surface area contributed by atoms with Gasteiger partial charge in [0.1, 0.15) is 0 Å². The van der Waals surface area contributed by atoms with Crippen molar-refractivity contribution >= 4 is 33.4 Å². The summed E-state index contributed by atoms with van der Waals surface area (Å²) in [5.74, 6) is 0.311. The average Bonchev–Trinajstić information content (AvgIpc) is 2.37. The third kappa shape index (κ3) is 6.29. The zero-order valence-corrected chi connectivity index (χ0v) is 14.7. The number of anilines is 1. The number of amides is 2. The molecule has 21 heavy (non-hydrogen) atoms. The van der Waals surface area contributed by atoms with E-state index in [1.54, 1.807) is 4.90 Å². The summed E-state index contributed by atoms with van der Waals surface area (Å²) < 4.78 is 0.862. The van der Waals surface area contributed by atoms with Crippen LogP contribution in [0.5, 0.6) is 0 Å². The fourth-order valence-corrected chi connectivity index (χ4v) is 2.58. The summed E-state index contributed by atoms with van der Waals surface area (Å²) in [7, 11) is 0. The molecule has 0 aliphatic rings. The Morgan fingerprint density at radius 1 is 1.33 bits per heavy atom. The lowest BCUT2D eigenvalue weighted by atomic mass is 10.2. The molecule has 2 amide bonds. The molecule has 0 aliphatic heterocycles. The molecule has 0 spiro atoms. The van der Waals surface area contributed by atoms with Gasteiger partial charge in [-0.05, 0) is 46.5 Å². The minimum Gasteiger partial charge on any atom is -0.342 e. The van der Waals surface area contributed by atoms with Gasteiger partial charge >= 0.3 is 0 Å². The fraction of sp³-hybridized carbons (Fsp3) is 0.500. The van der Waals surface area contributed by atoms with Gasteiger partial charge in [0.2, 0.25) is 11.8 Å². The molecular weight excluding hydrogens is 332 g/mol. The van der Waals surface area contributed by atoms with Gasteiger partial charge < -0.3 is 10.2 Å². The third-order valence-corrected chi connectivity index (χ3v) is 3.69. The van der Waals surface area contributed by atoms with E-state index in [9.17, 15) is 9.59 Å². The summed E-state index contributed by atoms with van der Waals surface area (Å²) >= 11 is 3.43. The zero-order chi connectivity index (χ0) is 16.0. The molecule has 0 unspecified atom stereocenters. The number of halogens is 1. The predicted molar refractivity (Wildman–Crippen MR) is 89.2 cm³/mol. The molecule has 0 aliphatic carbocycles. The van der Waals surface area contributed by atoms with Crippen molar-refractivity contribution in [3.05, 3.63) is 28.2 Å². The maximum Gasteiger partial charge on any atom is 0.226 e. The minimum absolute atomic E-state index is 0.00742. The summed E-state index contributed by atoms with van der Waals surface area (Å²) in [6.45, 7) is 8.77. The molecule has 0 atom stereocenters. The molecule has 0 aromatic heterocycles. The fourth-order valence-electron chi connectivity index (χ4n) is 1.99. The monoisotopic (exact) mass is 354 g/mol. The molecule has 0 fully saturated rings. The molecule has 4 nitrogen and oxygen atoms in total. The van der Waals surface area contributed by atoms with Crippen molar-refractivity contribution in [1.29, 1.82) is 0 Å². The lowest BCUT2D eigenvalue weighted by Gasteiger charge is -2.22. The van der Waals surface area contributed by atoms with Gasteiger partial charge in [-0.25, -0.2) is 0 Å². The third-order valence-electron chi connectivity index (χ3n) is 3.04. The first-order valence-electron chi connectivity index (χ1n) is 7.11. The van der Waals surface area contributed by atoms with Gasteiger partial charge in [-0.1, -0.05) is 19.9 Å². The predicted octanol–water partition coefficient (Wildman–Crippen LogP) is 3.59. The van der Waals surface area contributed by atoms with Crippen LogP contribution in [0.2, 0.25) is 0 Å². The van der Waals surface area contributed by atoms with Gasteiger partial charge in [0.15, 0.2) is 0 Å². The molecule has 0 saturated heterocycles. The first-order valence-corrected chi connectivity index (χ1v) is 7.90. The lowest BCUT2D eigenvalue weighted by molar-refractivity contribution is -0.129. The molecule has 1 N–H and O–H groups in total. The number of benzene rings is 1. The average molecular weight is 355 g/mol. The van der Waals surface area contributed by atoms with Crippen molar-refractivity contribution in [3.8, 4) is 0 Å². The molecule has 0 saturated carbocycles. The van der Waals surface area contributed by atoms with Crippen LogP contribution < -0.4 is 5.32 Å². The highest BCUT2D eigenvalue weighted by Crippen LogP contribution is 2.23. The summed E-state index contributed by atoms with van der Waals surface area (Å²) in [5.41, 5.74) is 1.88. The van der Waals surface area contributed by atoms with Crippen LogP contribution in [-0.4, -0.2) is 29.8 Å². The van der Waals surface area contributed by atoms with E-state index in [2.05, 4.69) is 35.1 Å². The van der Waals surface area contributed by atoms with Gasteiger partial charge in [-0.3, -0.25) is 9.59 Å². The van der Waals surface area contributed by atoms with Gasteiger partial charge in [-0.2, -0.15) is 0 Å². The summed E-state index contributed by atoms with van der Waals surface area (Å²) in [6.07, 6.45) is 0.298. The minimum atomic E-state index is -0.0884. The maximum absolute atomic E-state index is 12.0. The van der Waals surface area contributed by atoms with E-state index in [-0.39, 0.29) is 11.8 Å². The second-order valence-electron chi connectivity index (χ2n) is 5.64. The van der Waals surface area contributed by atoms with Gasteiger partial charge in [0.05, 0.1) is 5.69 Å². The highest BCUT2D eigenvalue weighted by molar-refractivity contribution is 9.10. The van der Waals surface area contributed by atoms with Crippen LogP contribution in [0.15, 0.2) is 22.7 Å². The van der Waals surface area contributed by atoms with E-state index >= 15 is 0 Å². The summed E-state index contributed by atoms with van der Waals surface area (Å²) in [5, 5.41) is 2.86. The molecular formula is C16H23BrN2O2. The number of hydrogen-bond acceptors (Lipinski definition) is 2. The number of hydrogen-bond donors (Lipinski definition) is 1. The maximum atomic E-state index is 12.0. The van der Waals surface area contributed by atoms with Crippen molar-refractivity contribution in [2.75, 3.05) is 18.4 Å². The van der Waals surface area contributed by atoms with Crippen LogP contribution in [0, 0.1) is 12.8 Å². The molecule has 116 valence electrons. The Morgan fingerprint density at radius 2 is 2.00 bits per heavy atom. The molecule has 0 bridgehead atoms. The smallest absolute Gasteiger partial charge is 0.226 e. The first kappa shape index (κ1) is 17.7. The molecule has 5 heteroatoms. The second kappa shape index (κ2) is 8.17. The quantitative estimate of drug-likeness (QED) is 0.848. The van der Waals surface area contributed by atoms with Crippen LogP contribution in [0.1, 0.15) is 32.8 Å². The summed E-state index contributed by atoms with van der Waals surface area (Å²) in [4.78, 5) is 25.2. The van der Waals surface area contributed by atoms with Crippen molar-refractivity contribution in [2.24, 2.45) is 5.92 Å². The number of aryl methyl sites for hydroxylation is 1. The summed E-state index contributed by atoms with van der Waals surface area (Å²) in [6, 6.07) is 5.77. The number of rotatable bonds is 6. The van der Waals surface area contributed by atoms with Crippen LogP contribution in [-0.2, 0) is 9.59 Å². The van der Waals surface area contributed by atoms with Gasteiger partial charge in [0, 0.05) is 30.9 Å². The standard InChI is InChI=1S/C16H23BrN2O2/c1-11(2)10-19(13(4)20)8-7-16(21)18-15-6-5-12(3)9-14(15)17/h5-6,9,11H,7-8,10H2,1-4H3,(H,18,21). The van der Waals surface area contributed by atoms with Crippen molar-refractivity contribution in [2.45, 2.75) is 34.1 Å². The van der Waals surface area contributed by atoms with E-state index in [4.69, 9.17) is 0 Å². The van der Waals surface area contributed by atoms with Crippen LogP contribution >= 0.6 is 15.9 Å². The van der Waals surface area contributed by atoms with Crippen LogP contribution in [0.3, 0.4) is 0 Å². The van der Waals surface area contributed by atoms with Crippen molar-refractivity contribution < 1.29 is 9.59 Å². The lowest BCUT2D eigenvalue weighted by Crippen LogP contribution is -2.34. The molecule has 0 heterocycles. The Labute approximate surface area is 135 Å². The number of nitrogens with zero attached hydrogens (tertiary/aromatic N) is 1. The van der Waals surface area contributed by atoms with E-state index in [0.29, 0.717) is 25.4 Å². The molecule has 0 radical (unpaired) electrons.